The van der Waals surface area contributed by atoms with Gasteiger partial charge in [-0.1, -0.05) is 13.0 Å². The summed E-state index contributed by atoms with van der Waals surface area (Å²) >= 11 is 1.76. The summed E-state index contributed by atoms with van der Waals surface area (Å²) in [5.41, 5.74) is 2.00. The Morgan fingerprint density at radius 1 is 1.37 bits per heavy atom. The molecule has 1 N–H and O–H groups in total. The third kappa shape index (κ3) is 2.33. The molecule has 0 spiro atoms. The maximum Gasteiger partial charge on any atom is 0.103 e. The van der Waals surface area contributed by atoms with Gasteiger partial charge in [0.2, 0.25) is 0 Å². The van der Waals surface area contributed by atoms with Gasteiger partial charge in [-0.05, 0) is 29.7 Å². The molecule has 0 unspecified atom stereocenters. The summed E-state index contributed by atoms with van der Waals surface area (Å²) < 4.78 is 0. The number of nitriles is 1. The van der Waals surface area contributed by atoms with Crippen molar-refractivity contribution in [2.45, 2.75) is 11.8 Å². The summed E-state index contributed by atoms with van der Waals surface area (Å²) in [5.74, 6) is 2.52. The number of anilines is 1. The lowest BCUT2D eigenvalue weighted by Gasteiger charge is -2.22. The topological polar surface area (TPSA) is 39.1 Å². The van der Waals surface area contributed by atoms with Crippen molar-refractivity contribution in [3.63, 3.8) is 0 Å². The Balaban J connectivity index is 1.89. The van der Waals surface area contributed by atoms with Crippen LogP contribution in [0.5, 0.6) is 0 Å². The zero-order valence-corrected chi connectivity index (χ0v) is 12.0. The first-order valence-electron chi connectivity index (χ1n) is 6.95. The SMILES string of the molecule is CCSc1cccc(N2C[C@H]3CNC[C@H]3C2)c1C#N. The van der Waals surface area contributed by atoms with E-state index in [4.69, 9.17) is 0 Å². The van der Waals surface area contributed by atoms with Crippen LogP contribution in [0.4, 0.5) is 5.69 Å². The van der Waals surface area contributed by atoms with Gasteiger partial charge >= 0.3 is 0 Å². The normalized spacial score (nSPS) is 25.4. The van der Waals surface area contributed by atoms with Crippen molar-refractivity contribution >= 4 is 17.4 Å². The molecule has 2 fully saturated rings. The van der Waals surface area contributed by atoms with E-state index in [-0.39, 0.29) is 0 Å². The van der Waals surface area contributed by atoms with Crippen LogP contribution >= 0.6 is 11.8 Å². The maximum atomic E-state index is 9.49. The van der Waals surface area contributed by atoms with Crippen molar-refractivity contribution in [1.29, 1.82) is 5.26 Å². The Kier molecular flexibility index (Phi) is 3.67. The van der Waals surface area contributed by atoms with Gasteiger partial charge in [-0.3, -0.25) is 0 Å². The molecule has 2 aliphatic heterocycles. The fourth-order valence-corrected chi connectivity index (χ4v) is 4.00. The summed E-state index contributed by atoms with van der Waals surface area (Å²) in [6.07, 6.45) is 0. The molecule has 3 rings (SSSR count). The van der Waals surface area contributed by atoms with Crippen LogP contribution in [0.25, 0.3) is 0 Å². The number of nitrogens with one attached hydrogen (secondary N) is 1. The first-order valence-corrected chi connectivity index (χ1v) is 7.93. The van der Waals surface area contributed by atoms with E-state index in [1.807, 2.05) is 0 Å². The highest BCUT2D eigenvalue weighted by Crippen LogP contribution is 2.35. The summed E-state index contributed by atoms with van der Waals surface area (Å²) in [7, 11) is 0. The molecule has 0 aromatic heterocycles. The minimum absolute atomic E-state index is 0.758. The van der Waals surface area contributed by atoms with Crippen molar-refractivity contribution in [3.05, 3.63) is 23.8 Å². The minimum atomic E-state index is 0.758. The van der Waals surface area contributed by atoms with Crippen molar-refractivity contribution in [1.82, 2.24) is 5.32 Å². The van der Waals surface area contributed by atoms with Crippen LogP contribution in [0.15, 0.2) is 23.1 Å². The van der Waals surface area contributed by atoms with Crippen molar-refractivity contribution in [3.8, 4) is 6.07 Å². The molecule has 2 saturated heterocycles. The van der Waals surface area contributed by atoms with E-state index >= 15 is 0 Å². The Morgan fingerprint density at radius 3 is 2.74 bits per heavy atom. The molecule has 4 heteroatoms. The summed E-state index contributed by atoms with van der Waals surface area (Å²) in [6, 6.07) is 8.67. The highest BCUT2D eigenvalue weighted by atomic mass is 32.2. The van der Waals surface area contributed by atoms with Gasteiger partial charge in [0.05, 0.1) is 11.3 Å². The van der Waals surface area contributed by atoms with Gasteiger partial charge in [0.15, 0.2) is 0 Å². The van der Waals surface area contributed by atoms with Crippen molar-refractivity contribution in [2.75, 3.05) is 36.8 Å². The molecule has 0 saturated carbocycles. The molecule has 100 valence electrons. The largest absolute Gasteiger partial charge is 0.370 e. The number of rotatable bonds is 3. The molecule has 1 aromatic carbocycles. The van der Waals surface area contributed by atoms with Crippen LogP contribution in [-0.4, -0.2) is 31.9 Å². The van der Waals surface area contributed by atoms with Crippen LogP contribution in [-0.2, 0) is 0 Å². The van der Waals surface area contributed by atoms with Crippen LogP contribution in [0.2, 0.25) is 0 Å². The van der Waals surface area contributed by atoms with Crippen LogP contribution < -0.4 is 10.2 Å². The van der Waals surface area contributed by atoms with Gasteiger partial charge in [-0.2, -0.15) is 5.26 Å². The zero-order valence-electron chi connectivity index (χ0n) is 11.2. The van der Waals surface area contributed by atoms with E-state index in [1.165, 1.54) is 0 Å². The second-order valence-corrected chi connectivity index (χ2v) is 6.58. The molecule has 0 bridgehead atoms. The van der Waals surface area contributed by atoms with Crippen LogP contribution in [0.1, 0.15) is 12.5 Å². The Bertz CT molecular complexity index is 497. The Labute approximate surface area is 119 Å². The highest BCUT2D eigenvalue weighted by Gasteiger charge is 2.36. The van der Waals surface area contributed by atoms with Crippen molar-refractivity contribution < 1.29 is 0 Å². The van der Waals surface area contributed by atoms with Gasteiger partial charge in [0, 0.05) is 31.1 Å². The van der Waals surface area contributed by atoms with E-state index in [2.05, 4.69) is 41.4 Å². The van der Waals surface area contributed by atoms with Gasteiger partial charge in [0.1, 0.15) is 6.07 Å². The molecule has 2 atom stereocenters. The number of fused-ring (bicyclic) bond motifs is 1. The Morgan fingerprint density at radius 2 is 2.11 bits per heavy atom. The van der Waals surface area contributed by atoms with Crippen LogP contribution in [0.3, 0.4) is 0 Å². The summed E-state index contributed by atoms with van der Waals surface area (Å²) in [4.78, 5) is 3.53. The van der Waals surface area contributed by atoms with Crippen molar-refractivity contribution in [2.24, 2.45) is 11.8 Å². The molecule has 3 nitrogen and oxygen atoms in total. The quantitative estimate of drug-likeness (QED) is 0.858. The molecule has 1 aromatic rings. The molecule has 0 radical (unpaired) electrons. The number of benzene rings is 1. The zero-order chi connectivity index (χ0) is 13.2. The number of thioether (sulfide) groups is 1. The predicted molar refractivity (Wildman–Crippen MR) is 79.6 cm³/mol. The maximum absolute atomic E-state index is 9.49. The molecule has 0 aliphatic carbocycles. The molecule has 2 aliphatic rings. The number of hydrogen-bond acceptors (Lipinski definition) is 4. The average Bonchev–Trinajstić information content (AvgIpc) is 2.99. The van der Waals surface area contributed by atoms with E-state index in [0.29, 0.717) is 0 Å². The first kappa shape index (κ1) is 12.8. The molecule has 0 amide bonds. The molecular weight excluding hydrogens is 254 g/mol. The average molecular weight is 273 g/mol. The monoisotopic (exact) mass is 273 g/mol. The standard InChI is InChI=1S/C15H19N3S/c1-2-19-15-5-3-4-14(13(15)6-16)18-9-11-7-17-8-12(11)10-18/h3-5,11-12,17H,2,7-10H2,1H3/t11-,12+. The Hall–Kier alpha value is -1.18. The minimum Gasteiger partial charge on any atom is -0.370 e. The fraction of sp³-hybridized carbons (Fsp3) is 0.533. The third-order valence-corrected chi connectivity index (χ3v) is 5.09. The molecule has 2 heterocycles. The van der Waals surface area contributed by atoms with E-state index in [0.717, 1.165) is 59.9 Å². The van der Waals surface area contributed by atoms with Gasteiger partial charge < -0.3 is 10.2 Å². The van der Waals surface area contributed by atoms with Gasteiger partial charge in [-0.15, -0.1) is 11.8 Å². The lowest BCUT2D eigenvalue weighted by atomic mass is 10.0. The van der Waals surface area contributed by atoms with E-state index in [9.17, 15) is 5.26 Å². The lowest BCUT2D eigenvalue weighted by Crippen LogP contribution is -2.26. The third-order valence-electron chi connectivity index (χ3n) is 4.15. The van der Waals surface area contributed by atoms with Gasteiger partial charge in [0.25, 0.3) is 0 Å². The van der Waals surface area contributed by atoms with Gasteiger partial charge in [-0.25, -0.2) is 0 Å². The molecule has 19 heavy (non-hydrogen) atoms. The number of nitrogens with zero attached hydrogens (tertiary/aromatic N) is 2. The summed E-state index contributed by atoms with van der Waals surface area (Å²) in [6.45, 7) is 6.57. The van der Waals surface area contributed by atoms with E-state index < -0.39 is 0 Å². The second-order valence-electron chi connectivity index (χ2n) is 5.28. The summed E-state index contributed by atoms with van der Waals surface area (Å²) in [5, 5.41) is 12.9. The lowest BCUT2D eigenvalue weighted by molar-refractivity contribution is 0.533. The fourth-order valence-electron chi connectivity index (χ4n) is 3.22. The van der Waals surface area contributed by atoms with Crippen LogP contribution in [0, 0.1) is 23.2 Å². The highest BCUT2D eigenvalue weighted by molar-refractivity contribution is 7.99. The number of hydrogen-bond donors (Lipinski definition) is 1. The molecular formula is C15H19N3S. The second kappa shape index (κ2) is 5.44. The predicted octanol–water partition coefficient (Wildman–Crippen LogP) is 2.33. The smallest absolute Gasteiger partial charge is 0.103 e. The van der Waals surface area contributed by atoms with E-state index in [1.54, 1.807) is 11.8 Å². The first-order chi connectivity index (χ1) is 9.33.